The van der Waals surface area contributed by atoms with Gasteiger partial charge in [-0.15, -0.1) is 11.8 Å². The maximum absolute atomic E-state index is 10.4. The van der Waals surface area contributed by atoms with Gasteiger partial charge in [-0.25, -0.2) is 4.68 Å². The molecule has 2 aromatic rings. The van der Waals surface area contributed by atoms with Crippen molar-refractivity contribution >= 4 is 17.7 Å². The molecule has 0 unspecified atom stereocenters. The fourth-order valence-electron chi connectivity index (χ4n) is 3.98. The quantitative estimate of drug-likeness (QED) is 0.917. The molecule has 2 saturated carbocycles. The van der Waals surface area contributed by atoms with Crippen molar-refractivity contribution in [3.63, 3.8) is 0 Å². The number of fused-ring (bicyclic) bond motifs is 1. The Morgan fingerprint density at radius 1 is 1.21 bits per heavy atom. The molecule has 1 aromatic carbocycles. The Labute approximate surface area is 145 Å². The summed E-state index contributed by atoms with van der Waals surface area (Å²) < 4.78 is 1.98. The Kier molecular flexibility index (Phi) is 3.35. The van der Waals surface area contributed by atoms with Gasteiger partial charge in [-0.1, -0.05) is 23.3 Å². The second-order valence-electron chi connectivity index (χ2n) is 7.32. The molecule has 0 bridgehead atoms. The first-order chi connectivity index (χ1) is 11.7. The molecule has 2 atom stereocenters. The van der Waals surface area contributed by atoms with Crippen molar-refractivity contribution in [2.75, 3.05) is 18.0 Å². The Balaban J connectivity index is 1.24. The van der Waals surface area contributed by atoms with E-state index in [1.165, 1.54) is 4.90 Å². The molecule has 1 aliphatic heterocycles. The van der Waals surface area contributed by atoms with Gasteiger partial charge in [0.1, 0.15) is 0 Å². The summed E-state index contributed by atoms with van der Waals surface area (Å²) in [7, 11) is 0. The summed E-state index contributed by atoms with van der Waals surface area (Å²) in [6, 6.07) is 10.9. The van der Waals surface area contributed by atoms with Gasteiger partial charge >= 0.3 is 0 Å². The molecule has 126 valence electrons. The van der Waals surface area contributed by atoms with E-state index in [4.69, 9.17) is 0 Å². The minimum absolute atomic E-state index is 0.378. The van der Waals surface area contributed by atoms with Crippen LogP contribution in [0, 0.1) is 5.92 Å². The Hall–Kier alpha value is -1.60. The first kappa shape index (κ1) is 14.7. The zero-order valence-electron chi connectivity index (χ0n) is 13.5. The predicted molar refractivity (Wildman–Crippen MR) is 92.1 cm³/mol. The van der Waals surface area contributed by atoms with E-state index in [0.717, 1.165) is 38.2 Å². The van der Waals surface area contributed by atoms with Crippen LogP contribution in [0.25, 0.3) is 0 Å². The first-order valence-corrected chi connectivity index (χ1v) is 9.56. The number of tetrazole rings is 1. The molecular formula is C17H21N5OS. The lowest BCUT2D eigenvalue weighted by atomic mass is 9.92. The van der Waals surface area contributed by atoms with Gasteiger partial charge in [-0.05, 0) is 54.2 Å². The Morgan fingerprint density at radius 3 is 2.83 bits per heavy atom. The molecule has 3 fully saturated rings. The van der Waals surface area contributed by atoms with Crippen LogP contribution in [0.2, 0.25) is 0 Å². The minimum Gasteiger partial charge on any atom is -0.388 e. The summed E-state index contributed by atoms with van der Waals surface area (Å²) in [5, 5.41) is 23.4. The number of β-amino-alcohol motifs (C(OH)–C–C–N with tert-alkyl or cyclic N) is 1. The maximum Gasteiger partial charge on any atom is 0.245 e. The van der Waals surface area contributed by atoms with Crippen LogP contribution in [0.5, 0.6) is 0 Å². The lowest BCUT2D eigenvalue weighted by Gasteiger charge is -2.37. The fourth-order valence-corrected chi connectivity index (χ4v) is 5.32. The highest BCUT2D eigenvalue weighted by Gasteiger charge is 2.56. The Bertz CT molecular complexity index is 732. The van der Waals surface area contributed by atoms with Crippen LogP contribution in [-0.2, 0) is 0 Å². The number of hydrogen-bond acceptors (Lipinski definition) is 6. The number of piperidine rings is 1. The molecule has 1 N–H and O–H groups in total. The number of aromatic nitrogens is 4. The Morgan fingerprint density at radius 2 is 2.04 bits per heavy atom. The molecule has 7 heteroatoms. The number of rotatable bonds is 4. The average molecular weight is 343 g/mol. The number of nitrogens with zero attached hydrogens (tertiary/aromatic N) is 5. The smallest absolute Gasteiger partial charge is 0.245 e. The van der Waals surface area contributed by atoms with Gasteiger partial charge in [0.25, 0.3) is 0 Å². The molecule has 5 rings (SSSR count). The highest BCUT2D eigenvalue weighted by Crippen LogP contribution is 2.50. The number of hydrogen-bond donors (Lipinski definition) is 1. The molecule has 6 nitrogen and oxygen atoms in total. The van der Waals surface area contributed by atoms with E-state index in [9.17, 15) is 5.11 Å². The normalized spacial score (nSPS) is 34.5. The van der Waals surface area contributed by atoms with Crippen LogP contribution in [0.3, 0.4) is 0 Å². The molecular weight excluding hydrogens is 322 g/mol. The van der Waals surface area contributed by atoms with Gasteiger partial charge in [-0.3, -0.25) is 0 Å². The van der Waals surface area contributed by atoms with Crippen molar-refractivity contribution in [2.45, 2.75) is 47.5 Å². The van der Waals surface area contributed by atoms with Gasteiger partial charge in [0.2, 0.25) is 5.95 Å². The zero-order chi connectivity index (χ0) is 16.1. The first-order valence-electron chi connectivity index (χ1n) is 8.68. The number of anilines is 1. The average Bonchev–Trinajstić information content (AvgIpc) is 3.00. The van der Waals surface area contributed by atoms with Crippen LogP contribution in [0.15, 0.2) is 35.2 Å². The molecule has 0 radical (unpaired) electrons. The molecule has 3 aliphatic rings. The van der Waals surface area contributed by atoms with Crippen molar-refractivity contribution in [3.8, 4) is 0 Å². The summed E-state index contributed by atoms with van der Waals surface area (Å²) in [6.07, 6.45) is 4.17. The molecule has 1 saturated heterocycles. The summed E-state index contributed by atoms with van der Waals surface area (Å²) in [4.78, 5) is 3.50. The van der Waals surface area contributed by atoms with Crippen LogP contribution >= 0.6 is 11.8 Å². The molecule has 2 aliphatic carbocycles. The van der Waals surface area contributed by atoms with Crippen molar-refractivity contribution in [3.05, 3.63) is 30.3 Å². The van der Waals surface area contributed by atoms with Gasteiger partial charge in [0.05, 0.1) is 11.6 Å². The maximum atomic E-state index is 10.4. The lowest BCUT2D eigenvalue weighted by molar-refractivity contribution is 0.123. The van der Waals surface area contributed by atoms with Gasteiger partial charge in [-0.2, -0.15) is 0 Å². The summed E-state index contributed by atoms with van der Waals surface area (Å²) in [5.41, 5.74) is -0.486. The summed E-state index contributed by atoms with van der Waals surface area (Å²) in [5.74, 6) is 1.33. The molecule has 24 heavy (non-hydrogen) atoms. The number of benzene rings is 1. The zero-order valence-corrected chi connectivity index (χ0v) is 14.3. The van der Waals surface area contributed by atoms with Gasteiger partial charge in [0, 0.05) is 23.2 Å². The molecule has 1 aromatic heterocycles. The standard InChI is InChI=1S/C17H21N5OS/c23-17-10-12(17)6-7-21(11-17)16-18-19-20-22(16)13-8-15(9-13)24-14-4-2-1-3-5-14/h1-5,12-13,15,23H,6-11H2/t12-,13?,15?,17+/m1/s1. The lowest BCUT2D eigenvalue weighted by Crippen LogP contribution is -2.42. The van der Waals surface area contributed by atoms with E-state index in [1.807, 2.05) is 16.4 Å². The van der Waals surface area contributed by atoms with Crippen LogP contribution in [0.1, 0.15) is 31.7 Å². The predicted octanol–water partition coefficient (Wildman–Crippen LogP) is 2.13. The second kappa shape index (κ2) is 5.46. The topological polar surface area (TPSA) is 67.1 Å². The van der Waals surface area contributed by atoms with Crippen LogP contribution in [-0.4, -0.2) is 49.3 Å². The highest BCUT2D eigenvalue weighted by atomic mass is 32.2. The van der Waals surface area contributed by atoms with Crippen molar-refractivity contribution in [2.24, 2.45) is 5.92 Å². The number of thioether (sulfide) groups is 1. The van der Waals surface area contributed by atoms with Gasteiger partial charge in [0.15, 0.2) is 0 Å². The van der Waals surface area contributed by atoms with E-state index >= 15 is 0 Å². The highest BCUT2D eigenvalue weighted by molar-refractivity contribution is 8.00. The molecule has 0 amide bonds. The monoisotopic (exact) mass is 343 g/mol. The third-order valence-electron chi connectivity index (χ3n) is 5.63. The van der Waals surface area contributed by atoms with Crippen LogP contribution in [0.4, 0.5) is 5.95 Å². The summed E-state index contributed by atoms with van der Waals surface area (Å²) >= 11 is 1.94. The molecule has 0 spiro atoms. The van der Waals surface area contributed by atoms with E-state index in [-0.39, 0.29) is 0 Å². The van der Waals surface area contributed by atoms with E-state index in [2.05, 4.69) is 50.8 Å². The van der Waals surface area contributed by atoms with Crippen LogP contribution < -0.4 is 4.90 Å². The minimum atomic E-state index is -0.486. The second-order valence-corrected chi connectivity index (χ2v) is 8.69. The third kappa shape index (κ3) is 2.50. The summed E-state index contributed by atoms with van der Waals surface area (Å²) in [6.45, 7) is 1.62. The molecule has 2 heterocycles. The fraction of sp³-hybridized carbons (Fsp3) is 0.588. The SMILES string of the molecule is O[C@]12C[C@H]1CCN(c1nnnn1C1CC(Sc3ccccc3)C1)C2. The van der Waals surface area contributed by atoms with Crippen molar-refractivity contribution in [1.82, 2.24) is 20.2 Å². The van der Waals surface area contributed by atoms with E-state index in [1.54, 1.807) is 0 Å². The van der Waals surface area contributed by atoms with Crippen molar-refractivity contribution in [1.29, 1.82) is 0 Å². The third-order valence-corrected chi connectivity index (χ3v) is 6.89. The van der Waals surface area contributed by atoms with Crippen molar-refractivity contribution < 1.29 is 5.11 Å². The van der Waals surface area contributed by atoms with Gasteiger partial charge < -0.3 is 10.0 Å². The number of aliphatic hydroxyl groups is 1. The van der Waals surface area contributed by atoms with E-state index < -0.39 is 5.60 Å². The van der Waals surface area contributed by atoms with E-state index in [0.29, 0.717) is 23.8 Å². The largest absolute Gasteiger partial charge is 0.388 e.